The second-order valence-corrected chi connectivity index (χ2v) is 3.91. The average molecular weight is 213 g/mol. The Kier molecular flexibility index (Phi) is 5.40. The molecule has 0 fully saturated rings. The van der Waals surface area contributed by atoms with Crippen LogP contribution < -0.4 is 4.74 Å². The van der Waals surface area contributed by atoms with Gasteiger partial charge in [0.15, 0.2) is 0 Å². The number of nitrogens with zero attached hydrogens (tertiary/aromatic N) is 1. The lowest BCUT2D eigenvalue weighted by molar-refractivity contribution is 0.296. The largest absolute Gasteiger partial charge is 0.481 e. The molecule has 0 aromatic carbocycles. The lowest BCUT2D eigenvalue weighted by Crippen LogP contribution is -1.93. The average Bonchev–Trinajstić information content (AvgIpc) is 2.25. The molecule has 0 bridgehead atoms. The van der Waals surface area contributed by atoms with Crippen LogP contribution in [0.4, 0.5) is 0 Å². The van der Waals surface area contributed by atoms with Crippen molar-refractivity contribution in [1.29, 1.82) is 0 Å². The Morgan fingerprint density at radius 1 is 1.50 bits per heavy atom. The van der Waals surface area contributed by atoms with E-state index in [0.717, 1.165) is 23.6 Å². The predicted octanol–water partition coefficient (Wildman–Crippen LogP) is 1.71. The van der Waals surface area contributed by atoms with Crippen molar-refractivity contribution in [2.45, 2.75) is 12.2 Å². The maximum absolute atomic E-state index is 8.60. The Balaban J connectivity index is 2.34. The Morgan fingerprint density at radius 2 is 2.36 bits per heavy atom. The number of thioether (sulfide) groups is 1. The Bertz CT molecular complexity index is 268. The molecule has 1 aromatic heterocycles. The highest BCUT2D eigenvalue weighted by Gasteiger charge is 1.97. The van der Waals surface area contributed by atoms with Crippen LogP contribution >= 0.6 is 11.8 Å². The minimum Gasteiger partial charge on any atom is -0.481 e. The molecular weight excluding hydrogens is 198 g/mol. The first kappa shape index (κ1) is 11.3. The van der Waals surface area contributed by atoms with Crippen molar-refractivity contribution in [2.24, 2.45) is 0 Å². The number of methoxy groups -OCH3 is 1. The van der Waals surface area contributed by atoms with Crippen molar-refractivity contribution in [3.8, 4) is 5.88 Å². The van der Waals surface area contributed by atoms with E-state index >= 15 is 0 Å². The highest BCUT2D eigenvalue weighted by atomic mass is 32.2. The van der Waals surface area contributed by atoms with Crippen LogP contribution in [-0.2, 0) is 5.75 Å². The number of hydrogen-bond acceptors (Lipinski definition) is 4. The smallest absolute Gasteiger partial charge is 0.213 e. The van der Waals surface area contributed by atoms with Gasteiger partial charge >= 0.3 is 0 Å². The third-order valence-corrected chi connectivity index (χ3v) is 2.76. The van der Waals surface area contributed by atoms with Gasteiger partial charge in [-0.25, -0.2) is 4.98 Å². The third-order valence-electron chi connectivity index (χ3n) is 1.69. The Morgan fingerprint density at radius 3 is 3.07 bits per heavy atom. The number of ether oxygens (including phenoxy) is 1. The van der Waals surface area contributed by atoms with E-state index in [9.17, 15) is 0 Å². The fourth-order valence-electron chi connectivity index (χ4n) is 0.995. The molecule has 0 aliphatic rings. The molecule has 0 aliphatic heterocycles. The van der Waals surface area contributed by atoms with Crippen molar-refractivity contribution in [2.75, 3.05) is 19.5 Å². The van der Waals surface area contributed by atoms with Crippen LogP contribution in [0, 0.1) is 0 Å². The fraction of sp³-hybridized carbons (Fsp3) is 0.500. The number of pyridine rings is 1. The van der Waals surface area contributed by atoms with E-state index in [2.05, 4.69) is 4.98 Å². The Labute approximate surface area is 88.5 Å². The van der Waals surface area contributed by atoms with Gasteiger partial charge < -0.3 is 9.84 Å². The lowest BCUT2D eigenvalue weighted by atomic mass is 10.4. The first-order valence-electron chi connectivity index (χ1n) is 4.55. The van der Waals surface area contributed by atoms with Crippen LogP contribution in [0.3, 0.4) is 0 Å². The monoisotopic (exact) mass is 213 g/mol. The highest BCUT2D eigenvalue weighted by molar-refractivity contribution is 7.98. The van der Waals surface area contributed by atoms with Crippen LogP contribution in [0.1, 0.15) is 12.1 Å². The minimum absolute atomic E-state index is 0.262. The lowest BCUT2D eigenvalue weighted by Gasteiger charge is -2.02. The standard InChI is InChI=1S/C10H15NO2S/c1-13-10-5-2-4-9(11-10)8-14-7-3-6-12/h2,4-5,12H,3,6-8H2,1H3. The van der Waals surface area contributed by atoms with Gasteiger partial charge in [-0.15, -0.1) is 0 Å². The van der Waals surface area contributed by atoms with E-state index in [1.165, 1.54) is 0 Å². The van der Waals surface area contributed by atoms with Crippen LogP contribution in [0.15, 0.2) is 18.2 Å². The molecule has 78 valence electrons. The summed E-state index contributed by atoms with van der Waals surface area (Å²) in [5.74, 6) is 2.50. The summed E-state index contributed by atoms with van der Waals surface area (Å²) in [5.41, 5.74) is 1.02. The summed E-state index contributed by atoms with van der Waals surface area (Å²) in [6, 6.07) is 5.75. The van der Waals surface area contributed by atoms with Crippen molar-refractivity contribution in [3.63, 3.8) is 0 Å². The van der Waals surface area contributed by atoms with E-state index in [4.69, 9.17) is 9.84 Å². The summed E-state index contributed by atoms with van der Waals surface area (Å²) in [5, 5.41) is 8.60. The predicted molar refractivity (Wildman–Crippen MR) is 58.7 cm³/mol. The fourth-order valence-corrected chi connectivity index (χ4v) is 1.84. The zero-order chi connectivity index (χ0) is 10.2. The summed E-state index contributed by atoms with van der Waals surface area (Å²) >= 11 is 1.77. The quantitative estimate of drug-likeness (QED) is 0.730. The molecule has 0 spiro atoms. The van der Waals surface area contributed by atoms with E-state index in [1.54, 1.807) is 18.9 Å². The van der Waals surface area contributed by atoms with Gasteiger partial charge in [-0.05, 0) is 18.2 Å². The van der Waals surface area contributed by atoms with Crippen molar-refractivity contribution < 1.29 is 9.84 Å². The molecule has 0 saturated heterocycles. The Hall–Kier alpha value is -0.740. The zero-order valence-electron chi connectivity index (χ0n) is 8.27. The second-order valence-electron chi connectivity index (χ2n) is 2.80. The number of aromatic nitrogens is 1. The molecular formula is C10H15NO2S. The molecule has 0 saturated carbocycles. The van der Waals surface area contributed by atoms with Gasteiger partial charge in [0.2, 0.25) is 5.88 Å². The van der Waals surface area contributed by atoms with Gasteiger partial charge in [-0.3, -0.25) is 0 Å². The van der Waals surface area contributed by atoms with E-state index in [1.807, 2.05) is 18.2 Å². The highest BCUT2D eigenvalue weighted by Crippen LogP contribution is 2.13. The van der Waals surface area contributed by atoms with Gasteiger partial charge in [0.05, 0.1) is 12.8 Å². The van der Waals surface area contributed by atoms with Crippen LogP contribution in [0.25, 0.3) is 0 Å². The summed E-state index contributed by atoms with van der Waals surface area (Å²) in [7, 11) is 1.62. The molecule has 0 unspecified atom stereocenters. The molecule has 1 heterocycles. The molecule has 0 aliphatic carbocycles. The summed E-state index contributed by atoms with van der Waals surface area (Å²) in [6.07, 6.45) is 0.842. The number of rotatable bonds is 6. The molecule has 1 rings (SSSR count). The third kappa shape index (κ3) is 3.98. The number of aliphatic hydroxyl groups excluding tert-OH is 1. The van der Waals surface area contributed by atoms with Crippen LogP contribution in [-0.4, -0.2) is 29.6 Å². The zero-order valence-corrected chi connectivity index (χ0v) is 9.09. The van der Waals surface area contributed by atoms with Crippen molar-refractivity contribution in [3.05, 3.63) is 23.9 Å². The molecule has 4 heteroatoms. The summed E-state index contributed by atoms with van der Waals surface area (Å²) in [6.45, 7) is 0.262. The second kappa shape index (κ2) is 6.68. The number of aliphatic hydroxyl groups is 1. The van der Waals surface area contributed by atoms with Gasteiger partial charge in [0, 0.05) is 18.4 Å². The maximum atomic E-state index is 8.60. The van der Waals surface area contributed by atoms with E-state index in [0.29, 0.717) is 5.88 Å². The molecule has 14 heavy (non-hydrogen) atoms. The summed E-state index contributed by atoms with van der Waals surface area (Å²) in [4.78, 5) is 4.28. The maximum Gasteiger partial charge on any atom is 0.213 e. The van der Waals surface area contributed by atoms with Gasteiger partial charge in [-0.1, -0.05) is 6.07 Å². The normalized spacial score (nSPS) is 10.1. The van der Waals surface area contributed by atoms with E-state index < -0.39 is 0 Å². The molecule has 0 radical (unpaired) electrons. The molecule has 0 atom stereocenters. The van der Waals surface area contributed by atoms with Gasteiger partial charge in [-0.2, -0.15) is 11.8 Å². The van der Waals surface area contributed by atoms with Crippen LogP contribution in [0.5, 0.6) is 5.88 Å². The van der Waals surface area contributed by atoms with Crippen molar-refractivity contribution in [1.82, 2.24) is 4.98 Å². The van der Waals surface area contributed by atoms with Gasteiger partial charge in [0.25, 0.3) is 0 Å². The minimum atomic E-state index is 0.262. The first-order chi connectivity index (χ1) is 6.86. The molecule has 1 aromatic rings. The summed E-state index contributed by atoms with van der Waals surface area (Å²) < 4.78 is 5.02. The molecule has 0 amide bonds. The molecule has 1 N–H and O–H groups in total. The van der Waals surface area contributed by atoms with Gasteiger partial charge in [0.1, 0.15) is 0 Å². The SMILES string of the molecule is COc1cccc(CSCCCO)n1. The molecule has 3 nitrogen and oxygen atoms in total. The number of hydrogen-bond donors (Lipinski definition) is 1. The van der Waals surface area contributed by atoms with Crippen molar-refractivity contribution >= 4 is 11.8 Å². The first-order valence-corrected chi connectivity index (χ1v) is 5.71. The topological polar surface area (TPSA) is 42.4 Å². The van der Waals surface area contributed by atoms with E-state index in [-0.39, 0.29) is 6.61 Å². The van der Waals surface area contributed by atoms with Crippen LogP contribution in [0.2, 0.25) is 0 Å².